The Morgan fingerprint density at radius 3 is 2.50 bits per heavy atom. The molecule has 2 unspecified atom stereocenters. The average molecular weight is 288 g/mol. The number of hydrogen-bond donors (Lipinski definition) is 2. The van der Waals surface area contributed by atoms with Crippen molar-refractivity contribution in [2.45, 2.75) is 31.5 Å². The van der Waals surface area contributed by atoms with Crippen molar-refractivity contribution in [3.05, 3.63) is 35.4 Å². The molecule has 1 aliphatic heterocycles. The van der Waals surface area contributed by atoms with Crippen molar-refractivity contribution in [1.29, 1.82) is 0 Å². The molecule has 0 radical (unpaired) electrons. The third-order valence-corrected chi connectivity index (χ3v) is 3.72. The zero-order chi connectivity index (χ0) is 14.6. The van der Waals surface area contributed by atoms with Crippen LogP contribution in [0.1, 0.15) is 24.0 Å². The SMILES string of the molecule is NNC(Cc1ccc(C(F)(F)F)cc1)C1CCCOC1. The van der Waals surface area contributed by atoms with E-state index in [-0.39, 0.29) is 6.04 Å². The molecule has 1 aromatic carbocycles. The summed E-state index contributed by atoms with van der Waals surface area (Å²) in [5.41, 5.74) is 2.98. The van der Waals surface area contributed by atoms with Gasteiger partial charge in [-0.3, -0.25) is 11.3 Å². The summed E-state index contributed by atoms with van der Waals surface area (Å²) in [4.78, 5) is 0. The van der Waals surface area contributed by atoms with Crippen molar-refractivity contribution in [2.75, 3.05) is 13.2 Å². The van der Waals surface area contributed by atoms with E-state index in [1.807, 2.05) is 0 Å². The first-order chi connectivity index (χ1) is 9.50. The normalized spacial score (nSPS) is 21.7. The van der Waals surface area contributed by atoms with E-state index in [2.05, 4.69) is 5.43 Å². The first-order valence-corrected chi connectivity index (χ1v) is 6.70. The highest BCUT2D eigenvalue weighted by molar-refractivity contribution is 5.25. The molecule has 3 nitrogen and oxygen atoms in total. The Hall–Kier alpha value is -1.11. The van der Waals surface area contributed by atoms with Crippen LogP contribution in [0.15, 0.2) is 24.3 Å². The lowest BCUT2D eigenvalue weighted by molar-refractivity contribution is -0.137. The van der Waals surface area contributed by atoms with Crippen LogP contribution >= 0.6 is 0 Å². The number of ether oxygens (including phenoxy) is 1. The fraction of sp³-hybridized carbons (Fsp3) is 0.571. The Labute approximate surface area is 116 Å². The zero-order valence-corrected chi connectivity index (χ0v) is 11.1. The second-order valence-corrected chi connectivity index (χ2v) is 5.15. The fourth-order valence-electron chi connectivity index (χ4n) is 2.53. The minimum absolute atomic E-state index is 0.0204. The second-order valence-electron chi connectivity index (χ2n) is 5.15. The van der Waals surface area contributed by atoms with Gasteiger partial charge in [0.1, 0.15) is 0 Å². The van der Waals surface area contributed by atoms with Crippen LogP contribution in [0, 0.1) is 5.92 Å². The van der Waals surface area contributed by atoms with Crippen molar-refractivity contribution >= 4 is 0 Å². The van der Waals surface area contributed by atoms with Crippen LogP contribution in [-0.2, 0) is 17.3 Å². The van der Waals surface area contributed by atoms with E-state index in [0.717, 1.165) is 37.1 Å². The fourth-order valence-corrected chi connectivity index (χ4v) is 2.53. The van der Waals surface area contributed by atoms with E-state index < -0.39 is 11.7 Å². The molecule has 3 N–H and O–H groups in total. The van der Waals surface area contributed by atoms with Gasteiger partial charge in [0.15, 0.2) is 0 Å². The Morgan fingerprint density at radius 2 is 2.00 bits per heavy atom. The first-order valence-electron chi connectivity index (χ1n) is 6.70. The molecule has 0 spiro atoms. The van der Waals surface area contributed by atoms with Crippen molar-refractivity contribution in [2.24, 2.45) is 11.8 Å². The number of benzene rings is 1. The average Bonchev–Trinajstić information content (AvgIpc) is 2.45. The van der Waals surface area contributed by atoms with Gasteiger partial charge in [-0.1, -0.05) is 12.1 Å². The van der Waals surface area contributed by atoms with E-state index in [0.29, 0.717) is 18.9 Å². The first kappa shape index (κ1) is 15.3. The maximum Gasteiger partial charge on any atom is 0.416 e. The molecule has 0 aromatic heterocycles. The summed E-state index contributed by atoms with van der Waals surface area (Å²) < 4.78 is 42.9. The van der Waals surface area contributed by atoms with Crippen LogP contribution in [0.3, 0.4) is 0 Å². The number of nitrogens with two attached hydrogens (primary N) is 1. The molecule has 0 amide bonds. The highest BCUT2D eigenvalue weighted by Gasteiger charge is 2.30. The Morgan fingerprint density at radius 1 is 1.30 bits per heavy atom. The van der Waals surface area contributed by atoms with Crippen molar-refractivity contribution in [1.82, 2.24) is 5.43 Å². The number of nitrogens with one attached hydrogen (secondary N) is 1. The van der Waals surface area contributed by atoms with Gasteiger partial charge in [-0.25, -0.2) is 0 Å². The molecule has 1 fully saturated rings. The molecule has 1 heterocycles. The minimum Gasteiger partial charge on any atom is -0.381 e. The summed E-state index contributed by atoms with van der Waals surface area (Å²) in [6, 6.07) is 5.26. The van der Waals surface area contributed by atoms with Gasteiger partial charge in [-0.05, 0) is 42.9 Å². The summed E-state index contributed by atoms with van der Waals surface area (Å²) in [6.45, 7) is 1.42. The number of hydrazine groups is 1. The third-order valence-electron chi connectivity index (χ3n) is 3.72. The molecule has 2 atom stereocenters. The van der Waals surface area contributed by atoms with E-state index >= 15 is 0 Å². The molecule has 20 heavy (non-hydrogen) atoms. The largest absolute Gasteiger partial charge is 0.416 e. The summed E-state index contributed by atoms with van der Waals surface area (Å²) in [6.07, 6.45) is -1.67. The summed E-state index contributed by atoms with van der Waals surface area (Å²) in [5, 5.41) is 0. The minimum atomic E-state index is -4.29. The molecule has 1 aromatic rings. The van der Waals surface area contributed by atoms with E-state index in [1.165, 1.54) is 12.1 Å². The summed E-state index contributed by atoms with van der Waals surface area (Å²) in [5.74, 6) is 5.87. The van der Waals surface area contributed by atoms with Crippen LogP contribution in [0.4, 0.5) is 13.2 Å². The van der Waals surface area contributed by atoms with Crippen LogP contribution in [-0.4, -0.2) is 19.3 Å². The maximum atomic E-state index is 12.5. The van der Waals surface area contributed by atoms with Crippen LogP contribution < -0.4 is 11.3 Å². The molecule has 112 valence electrons. The molecular formula is C14H19F3N2O. The Bertz CT molecular complexity index is 413. The van der Waals surface area contributed by atoms with Crippen LogP contribution in [0.5, 0.6) is 0 Å². The van der Waals surface area contributed by atoms with Crippen molar-refractivity contribution < 1.29 is 17.9 Å². The number of halogens is 3. The quantitative estimate of drug-likeness (QED) is 0.661. The van der Waals surface area contributed by atoms with E-state index in [4.69, 9.17) is 10.6 Å². The predicted octanol–water partition coefficient (Wildman–Crippen LogP) is 2.51. The molecule has 1 aliphatic rings. The van der Waals surface area contributed by atoms with Gasteiger partial charge in [0.05, 0.1) is 12.2 Å². The third kappa shape index (κ3) is 3.94. The highest BCUT2D eigenvalue weighted by atomic mass is 19.4. The smallest absolute Gasteiger partial charge is 0.381 e. The molecule has 0 bridgehead atoms. The van der Waals surface area contributed by atoms with Crippen molar-refractivity contribution in [3.8, 4) is 0 Å². The zero-order valence-electron chi connectivity index (χ0n) is 11.1. The van der Waals surface area contributed by atoms with E-state index in [1.54, 1.807) is 0 Å². The van der Waals surface area contributed by atoms with E-state index in [9.17, 15) is 13.2 Å². The lowest BCUT2D eigenvalue weighted by Crippen LogP contribution is -2.45. The maximum absolute atomic E-state index is 12.5. The predicted molar refractivity (Wildman–Crippen MR) is 69.8 cm³/mol. The topological polar surface area (TPSA) is 47.3 Å². The molecular weight excluding hydrogens is 269 g/mol. The van der Waals surface area contributed by atoms with Gasteiger partial charge in [-0.15, -0.1) is 0 Å². The van der Waals surface area contributed by atoms with Crippen molar-refractivity contribution in [3.63, 3.8) is 0 Å². The lowest BCUT2D eigenvalue weighted by atomic mass is 9.89. The van der Waals surface area contributed by atoms with Crippen LogP contribution in [0.25, 0.3) is 0 Å². The molecule has 2 rings (SSSR count). The highest BCUT2D eigenvalue weighted by Crippen LogP contribution is 2.29. The molecule has 0 saturated carbocycles. The van der Waals surface area contributed by atoms with Gasteiger partial charge < -0.3 is 4.74 Å². The Kier molecular flexibility index (Phi) is 5.01. The molecule has 0 aliphatic carbocycles. The van der Waals surface area contributed by atoms with Crippen LogP contribution in [0.2, 0.25) is 0 Å². The number of alkyl halides is 3. The summed E-state index contributed by atoms with van der Waals surface area (Å²) >= 11 is 0. The van der Waals surface area contributed by atoms with Gasteiger partial charge in [0.2, 0.25) is 0 Å². The lowest BCUT2D eigenvalue weighted by Gasteiger charge is -2.29. The Balaban J connectivity index is 2.00. The molecule has 6 heteroatoms. The monoisotopic (exact) mass is 288 g/mol. The standard InChI is InChI=1S/C14H19F3N2O/c15-14(16,17)12-5-3-10(4-6-12)8-13(19-18)11-2-1-7-20-9-11/h3-6,11,13,19H,1-2,7-9,18H2. The molecule has 1 saturated heterocycles. The van der Waals surface area contributed by atoms with Gasteiger partial charge in [-0.2, -0.15) is 13.2 Å². The van der Waals surface area contributed by atoms with Gasteiger partial charge >= 0.3 is 6.18 Å². The number of rotatable bonds is 4. The summed E-state index contributed by atoms with van der Waals surface area (Å²) in [7, 11) is 0. The number of hydrogen-bond acceptors (Lipinski definition) is 3. The van der Waals surface area contributed by atoms with Gasteiger partial charge in [0, 0.05) is 12.6 Å². The van der Waals surface area contributed by atoms with Gasteiger partial charge in [0.25, 0.3) is 0 Å². The second kappa shape index (κ2) is 6.56.